The number of nitrogens with zero attached hydrogens (tertiary/aromatic N) is 2. The van der Waals surface area contributed by atoms with Crippen molar-refractivity contribution < 1.29 is 9.72 Å². The molecule has 0 saturated carbocycles. The molecule has 3 rings (SSSR count). The zero-order valence-corrected chi connectivity index (χ0v) is 13.3. The van der Waals surface area contributed by atoms with Crippen molar-refractivity contribution in [2.75, 3.05) is 26.2 Å². The molecule has 0 aromatic heterocycles. The molecule has 1 unspecified atom stereocenters. The van der Waals surface area contributed by atoms with Crippen LogP contribution in [0.2, 0.25) is 0 Å². The molecule has 1 N–H and O–H groups in total. The SMILES string of the molecule is Cc1cc(C(=O)N2CCC3(CCNC3)C2)ccc1[N+](=O)[O-].Cl. The van der Waals surface area contributed by atoms with Crippen LogP contribution in [0, 0.1) is 22.5 Å². The molecule has 0 aliphatic carbocycles. The minimum absolute atomic E-state index is 0. The smallest absolute Gasteiger partial charge is 0.272 e. The molecule has 2 aliphatic rings. The molecule has 2 saturated heterocycles. The highest BCUT2D eigenvalue weighted by molar-refractivity contribution is 5.95. The third-order valence-electron chi connectivity index (χ3n) is 4.70. The van der Waals surface area contributed by atoms with Crippen LogP contribution < -0.4 is 5.32 Å². The predicted octanol–water partition coefficient (Wildman–Crippen LogP) is 2.15. The molecule has 1 amide bonds. The lowest BCUT2D eigenvalue weighted by molar-refractivity contribution is -0.385. The number of halogens is 1. The summed E-state index contributed by atoms with van der Waals surface area (Å²) in [6, 6.07) is 4.61. The summed E-state index contributed by atoms with van der Waals surface area (Å²) >= 11 is 0. The highest BCUT2D eigenvalue weighted by Gasteiger charge is 2.42. The Kier molecular flexibility index (Phi) is 4.72. The molecular formula is C15H20ClN3O3. The Morgan fingerprint density at radius 3 is 2.77 bits per heavy atom. The predicted molar refractivity (Wildman–Crippen MR) is 85.5 cm³/mol. The van der Waals surface area contributed by atoms with E-state index >= 15 is 0 Å². The molecular weight excluding hydrogens is 306 g/mol. The van der Waals surface area contributed by atoms with Gasteiger partial charge in [-0.15, -0.1) is 12.4 Å². The van der Waals surface area contributed by atoms with E-state index in [4.69, 9.17) is 0 Å². The molecule has 2 fully saturated rings. The summed E-state index contributed by atoms with van der Waals surface area (Å²) in [6.45, 7) is 5.24. The van der Waals surface area contributed by atoms with E-state index < -0.39 is 4.92 Å². The van der Waals surface area contributed by atoms with Crippen LogP contribution in [0.1, 0.15) is 28.8 Å². The average Bonchev–Trinajstić information content (AvgIpc) is 3.08. The van der Waals surface area contributed by atoms with Crippen molar-refractivity contribution in [2.45, 2.75) is 19.8 Å². The summed E-state index contributed by atoms with van der Waals surface area (Å²) in [7, 11) is 0. The fraction of sp³-hybridized carbons (Fsp3) is 0.533. The van der Waals surface area contributed by atoms with Gasteiger partial charge in [0.1, 0.15) is 0 Å². The first kappa shape index (κ1) is 16.7. The van der Waals surface area contributed by atoms with E-state index in [1.165, 1.54) is 6.07 Å². The maximum absolute atomic E-state index is 12.6. The number of benzene rings is 1. The number of nitrogens with one attached hydrogen (secondary N) is 1. The first-order chi connectivity index (χ1) is 10.0. The second-order valence-electron chi connectivity index (χ2n) is 6.16. The summed E-state index contributed by atoms with van der Waals surface area (Å²) < 4.78 is 0. The molecule has 1 atom stereocenters. The van der Waals surface area contributed by atoms with E-state index in [-0.39, 0.29) is 29.4 Å². The minimum Gasteiger partial charge on any atom is -0.338 e. The number of hydrogen-bond acceptors (Lipinski definition) is 4. The van der Waals surface area contributed by atoms with Gasteiger partial charge in [0.2, 0.25) is 0 Å². The van der Waals surface area contributed by atoms with Gasteiger partial charge < -0.3 is 10.2 Å². The first-order valence-corrected chi connectivity index (χ1v) is 7.26. The Hall–Kier alpha value is -1.66. The van der Waals surface area contributed by atoms with E-state index in [1.54, 1.807) is 19.1 Å². The summed E-state index contributed by atoms with van der Waals surface area (Å²) in [6.07, 6.45) is 2.16. The average molecular weight is 326 g/mol. The number of rotatable bonds is 2. The molecule has 2 aliphatic heterocycles. The van der Waals surface area contributed by atoms with Crippen LogP contribution in [0.5, 0.6) is 0 Å². The molecule has 1 aromatic carbocycles. The van der Waals surface area contributed by atoms with Gasteiger partial charge in [-0.05, 0) is 38.4 Å². The van der Waals surface area contributed by atoms with Gasteiger partial charge in [0, 0.05) is 42.2 Å². The Morgan fingerprint density at radius 1 is 1.41 bits per heavy atom. The molecule has 1 spiro atoms. The fourth-order valence-corrected chi connectivity index (χ4v) is 3.43. The third kappa shape index (κ3) is 2.94. The van der Waals surface area contributed by atoms with Crippen LogP contribution in [0.4, 0.5) is 5.69 Å². The van der Waals surface area contributed by atoms with Gasteiger partial charge in [0.25, 0.3) is 11.6 Å². The van der Waals surface area contributed by atoms with Crippen molar-refractivity contribution in [1.29, 1.82) is 0 Å². The lowest BCUT2D eigenvalue weighted by Crippen LogP contribution is -2.33. The largest absolute Gasteiger partial charge is 0.338 e. The van der Waals surface area contributed by atoms with E-state index in [2.05, 4.69) is 5.32 Å². The number of carbonyl (C=O) groups is 1. The second kappa shape index (κ2) is 6.22. The normalized spacial score (nSPS) is 23.6. The Morgan fingerprint density at radius 2 is 2.18 bits per heavy atom. The molecule has 0 radical (unpaired) electrons. The quantitative estimate of drug-likeness (QED) is 0.667. The minimum atomic E-state index is -0.418. The molecule has 7 heteroatoms. The van der Waals surface area contributed by atoms with Crippen molar-refractivity contribution >= 4 is 24.0 Å². The van der Waals surface area contributed by atoms with E-state index in [0.717, 1.165) is 39.0 Å². The Labute approximate surface area is 135 Å². The van der Waals surface area contributed by atoms with E-state index in [9.17, 15) is 14.9 Å². The van der Waals surface area contributed by atoms with Crippen LogP contribution in [-0.4, -0.2) is 41.9 Å². The highest BCUT2D eigenvalue weighted by Crippen LogP contribution is 2.36. The lowest BCUT2D eigenvalue weighted by atomic mass is 9.86. The van der Waals surface area contributed by atoms with Gasteiger partial charge in [-0.25, -0.2) is 0 Å². The molecule has 2 heterocycles. The number of nitro groups is 1. The number of aryl methyl sites for hydroxylation is 1. The van der Waals surface area contributed by atoms with Gasteiger partial charge in [-0.1, -0.05) is 0 Å². The summed E-state index contributed by atoms with van der Waals surface area (Å²) in [5.41, 5.74) is 1.37. The van der Waals surface area contributed by atoms with Gasteiger partial charge in [0.15, 0.2) is 0 Å². The van der Waals surface area contributed by atoms with Crippen molar-refractivity contribution in [3.8, 4) is 0 Å². The third-order valence-corrected chi connectivity index (χ3v) is 4.70. The number of carbonyl (C=O) groups excluding carboxylic acids is 1. The van der Waals surface area contributed by atoms with Gasteiger partial charge in [0.05, 0.1) is 4.92 Å². The number of amides is 1. The molecule has 1 aromatic rings. The van der Waals surface area contributed by atoms with Gasteiger partial charge in [-0.3, -0.25) is 14.9 Å². The zero-order valence-electron chi connectivity index (χ0n) is 12.5. The maximum atomic E-state index is 12.6. The first-order valence-electron chi connectivity index (χ1n) is 7.26. The molecule has 0 bridgehead atoms. The highest BCUT2D eigenvalue weighted by atomic mass is 35.5. The van der Waals surface area contributed by atoms with E-state index in [1.807, 2.05) is 4.90 Å². The molecule has 22 heavy (non-hydrogen) atoms. The van der Waals surface area contributed by atoms with Crippen molar-refractivity contribution in [3.63, 3.8) is 0 Å². The fourth-order valence-electron chi connectivity index (χ4n) is 3.43. The zero-order chi connectivity index (χ0) is 15.0. The van der Waals surface area contributed by atoms with Crippen LogP contribution in [-0.2, 0) is 0 Å². The summed E-state index contributed by atoms with van der Waals surface area (Å²) in [5, 5.41) is 14.2. The van der Waals surface area contributed by atoms with E-state index in [0.29, 0.717) is 11.1 Å². The van der Waals surface area contributed by atoms with Crippen LogP contribution >= 0.6 is 12.4 Å². The molecule has 120 valence electrons. The molecule has 6 nitrogen and oxygen atoms in total. The Balaban J connectivity index is 0.00000176. The Bertz CT molecular complexity index is 600. The second-order valence-corrected chi connectivity index (χ2v) is 6.16. The maximum Gasteiger partial charge on any atom is 0.272 e. The lowest BCUT2D eigenvalue weighted by Gasteiger charge is -2.22. The van der Waals surface area contributed by atoms with Crippen molar-refractivity contribution in [3.05, 3.63) is 39.4 Å². The number of hydrogen-bond donors (Lipinski definition) is 1. The van der Waals surface area contributed by atoms with Crippen LogP contribution in [0.15, 0.2) is 18.2 Å². The van der Waals surface area contributed by atoms with Crippen molar-refractivity contribution in [1.82, 2.24) is 10.2 Å². The number of nitro benzene ring substituents is 1. The van der Waals surface area contributed by atoms with Crippen molar-refractivity contribution in [2.24, 2.45) is 5.41 Å². The van der Waals surface area contributed by atoms with Crippen LogP contribution in [0.25, 0.3) is 0 Å². The van der Waals surface area contributed by atoms with Gasteiger partial charge in [-0.2, -0.15) is 0 Å². The van der Waals surface area contributed by atoms with Gasteiger partial charge >= 0.3 is 0 Å². The van der Waals surface area contributed by atoms with Crippen LogP contribution in [0.3, 0.4) is 0 Å². The summed E-state index contributed by atoms with van der Waals surface area (Å²) in [4.78, 5) is 24.9. The standard InChI is InChI=1S/C15H19N3O3.ClH/c1-11-8-12(2-3-13(11)18(20)21)14(19)17-7-5-15(10-17)4-6-16-9-15;/h2-3,8,16H,4-7,9-10H2,1H3;1H. The summed E-state index contributed by atoms with van der Waals surface area (Å²) in [5.74, 6) is -0.0169. The monoisotopic (exact) mass is 325 g/mol. The number of likely N-dealkylation sites (tertiary alicyclic amines) is 1. The topological polar surface area (TPSA) is 75.5 Å².